The van der Waals surface area contributed by atoms with Crippen molar-refractivity contribution in [2.75, 3.05) is 0 Å². The van der Waals surface area contributed by atoms with Crippen molar-refractivity contribution in [2.24, 2.45) is 5.92 Å². The van der Waals surface area contributed by atoms with Crippen LogP contribution in [0.3, 0.4) is 0 Å². The maximum atomic E-state index is 12.6. The molecule has 0 saturated heterocycles. The lowest BCUT2D eigenvalue weighted by Crippen LogP contribution is -2.28. The first-order valence-electron chi connectivity index (χ1n) is 7.29. The molecule has 108 valence electrons. The maximum Gasteiger partial charge on any atom is 0.262 e. The zero-order valence-corrected chi connectivity index (χ0v) is 12.4. The first-order valence-corrected chi connectivity index (χ1v) is 7.67. The molecule has 0 atom stereocenters. The normalized spacial score (nSPS) is 16.0. The first kappa shape index (κ1) is 14.1. The van der Waals surface area contributed by atoms with Crippen LogP contribution in [-0.4, -0.2) is 9.55 Å². The van der Waals surface area contributed by atoms with Crippen LogP contribution >= 0.6 is 11.6 Å². The number of aromatic nitrogens is 2. The zero-order chi connectivity index (χ0) is 14.8. The van der Waals surface area contributed by atoms with Gasteiger partial charge >= 0.3 is 0 Å². The van der Waals surface area contributed by atoms with Crippen molar-refractivity contribution in [1.82, 2.24) is 9.55 Å². The van der Waals surface area contributed by atoms with Crippen molar-refractivity contribution in [1.29, 1.82) is 5.26 Å². The van der Waals surface area contributed by atoms with Gasteiger partial charge in [-0.1, -0.05) is 30.9 Å². The lowest BCUT2D eigenvalue weighted by atomic mass is 9.89. The van der Waals surface area contributed by atoms with E-state index >= 15 is 0 Å². The van der Waals surface area contributed by atoms with E-state index in [9.17, 15) is 10.1 Å². The van der Waals surface area contributed by atoms with Crippen LogP contribution in [0.15, 0.2) is 23.0 Å². The predicted molar refractivity (Wildman–Crippen MR) is 82.3 cm³/mol. The van der Waals surface area contributed by atoms with Crippen molar-refractivity contribution in [3.05, 3.63) is 39.4 Å². The van der Waals surface area contributed by atoms with Gasteiger partial charge in [0.1, 0.15) is 6.07 Å². The number of hydrogen-bond donors (Lipinski definition) is 0. The molecule has 1 saturated carbocycles. The summed E-state index contributed by atoms with van der Waals surface area (Å²) in [5.74, 6) is 0.649. The molecule has 1 aromatic heterocycles. The molecule has 0 amide bonds. The minimum Gasteiger partial charge on any atom is -0.283 e. The predicted octanol–water partition coefficient (Wildman–Crippen LogP) is 3.50. The number of halogens is 1. The van der Waals surface area contributed by atoms with Crippen LogP contribution in [-0.2, 0) is 6.54 Å². The Morgan fingerprint density at radius 2 is 2.10 bits per heavy atom. The zero-order valence-electron chi connectivity index (χ0n) is 11.7. The Morgan fingerprint density at radius 1 is 1.33 bits per heavy atom. The largest absolute Gasteiger partial charge is 0.283 e. The quantitative estimate of drug-likeness (QED) is 0.853. The molecule has 1 heterocycles. The smallest absolute Gasteiger partial charge is 0.262 e. The van der Waals surface area contributed by atoms with E-state index in [4.69, 9.17) is 11.6 Å². The summed E-state index contributed by atoms with van der Waals surface area (Å²) in [7, 11) is 0. The molecule has 4 nitrogen and oxygen atoms in total. The highest BCUT2D eigenvalue weighted by Gasteiger charge is 2.18. The highest BCUT2D eigenvalue weighted by molar-refractivity contribution is 6.31. The standard InChI is InChI=1S/C16H16ClN3O/c17-12-6-7-13-14(8-12)19-15(9-18)20(16(13)21)10-11-4-2-1-3-5-11/h6-8,11H,1-5,10H2. The van der Waals surface area contributed by atoms with Crippen molar-refractivity contribution in [2.45, 2.75) is 38.6 Å². The molecule has 21 heavy (non-hydrogen) atoms. The third-order valence-electron chi connectivity index (χ3n) is 4.18. The average molecular weight is 302 g/mol. The van der Waals surface area contributed by atoms with Gasteiger partial charge in [0, 0.05) is 11.6 Å². The average Bonchev–Trinajstić information content (AvgIpc) is 2.50. The Morgan fingerprint density at radius 3 is 2.81 bits per heavy atom. The van der Waals surface area contributed by atoms with E-state index in [1.54, 1.807) is 18.2 Å². The Hall–Kier alpha value is -1.86. The van der Waals surface area contributed by atoms with Crippen LogP contribution in [0.5, 0.6) is 0 Å². The summed E-state index contributed by atoms with van der Waals surface area (Å²) in [4.78, 5) is 16.9. The van der Waals surface area contributed by atoms with Crippen LogP contribution in [0.25, 0.3) is 10.9 Å². The van der Waals surface area contributed by atoms with Crippen LogP contribution in [0.1, 0.15) is 37.9 Å². The van der Waals surface area contributed by atoms with Gasteiger partial charge in [0.25, 0.3) is 5.56 Å². The van der Waals surface area contributed by atoms with Gasteiger partial charge in [0.15, 0.2) is 0 Å². The topological polar surface area (TPSA) is 58.7 Å². The van der Waals surface area contributed by atoms with Gasteiger partial charge in [0.05, 0.1) is 10.9 Å². The fourth-order valence-electron chi connectivity index (χ4n) is 3.08. The molecular weight excluding hydrogens is 286 g/mol. The number of fused-ring (bicyclic) bond motifs is 1. The SMILES string of the molecule is N#Cc1nc2cc(Cl)ccc2c(=O)n1CC1CCCCC1. The number of rotatable bonds is 2. The molecule has 0 N–H and O–H groups in total. The summed E-state index contributed by atoms with van der Waals surface area (Å²) in [6.45, 7) is 0.591. The second-order valence-corrected chi connectivity index (χ2v) is 6.06. The van der Waals surface area contributed by atoms with Crippen LogP contribution < -0.4 is 5.56 Å². The van der Waals surface area contributed by atoms with Crippen molar-refractivity contribution < 1.29 is 0 Å². The molecule has 1 aromatic carbocycles. The van der Waals surface area contributed by atoms with Gasteiger partial charge in [-0.25, -0.2) is 4.98 Å². The van der Waals surface area contributed by atoms with Gasteiger partial charge in [0.2, 0.25) is 5.82 Å². The highest BCUT2D eigenvalue weighted by atomic mass is 35.5. The van der Waals surface area contributed by atoms with Gasteiger partial charge in [-0.2, -0.15) is 5.26 Å². The number of nitriles is 1. The third-order valence-corrected chi connectivity index (χ3v) is 4.42. The second kappa shape index (κ2) is 5.87. The highest BCUT2D eigenvalue weighted by Crippen LogP contribution is 2.25. The Bertz CT molecular complexity index is 769. The van der Waals surface area contributed by atoms with Gasteiger partial charge < -0.3 is 0 Å². The van der Waals surface area contributed by atoms with Crippen molar-refractivity contribution in [3.63, 3.8) is 0 Å². The van der Waals surface area contributed by atoms with Crippen LogP contribution in [0, 0.1) is 17.2 Å². The van der Waals surface area contributed by atoms with E-state index in [1.165, 1.54) is 23.8 Å². The maximum absolute atomic E-state index is 12.6. The van der Waals surface area contributed by atoms with E-state index in [0.717, 1.165) is 12.8 Å². The van der Waals surface area contributed by atoms with E-state index in [2.05, 4.69) is 4.98 Å². The summed E-state index contributed by atoms with van der Waals surface area (Å²) in [6.07, 6.45) is 5.92. The summed E-state index contributed by atoms with van der Waals surface area (Å²) >= 11 is 5.93. The van der Waals surface area contributed by atoms with E-state index in [1.807, 2.05) is 6.07 Å². The molecule has 0 bridgehead atoms. The number of hydrogen-bond acceptors (Lipinski definition) is 3. The molecule has 2 aromatic rings. The lowest BCUT2D eigenvalue weighted by Gasteiger charge is -2.22. The molecule has 1 fully saturated rings. The molecule has 0 unspecified atom stereocenters. The number of nitrogens with zero attached hydrogens (tertiary/aromatic N) is 3. The van der Waals surface area contributed by atoms with E-state index < -0.39 is 0 Å². The van der Waals surface area contributed by atoms with E-state index in [-0.39, 0.29) is 11.4 Å². The minimum absolute atomic E-state index is 0.140. The second-order valence-electron chi connectivity index (χ2n) is 5.63. The third kappa shape index (κ3) is 2.79. The van der Waals surface area contributed by atoms with Gasteiger partial charge in [-0.15, -0.1) is 0 Å². The molecule has 1 aliphatic rings. The van der Waals surface area contributed by atoms with Gasteiger partial charge in [-0.3, -0.25) is 9.36 Å². The molecular formula is C16H16ClN3O. The molecule has 0 aliphatic heterocycles. The van der Waals surface area contributed by atoms with Crippen LogP contribution in [0.2, 0.25) is 5.02 Å². The van der Waals surface area contributed by atoms with Crippen molar-refractivity contribution in [3.8, 4) is 6.07 Å². The van der Waals surface area contributed by atoms with Gasteiger partial charge in [-0.05, 0) is 37.0 Å². The molecule has 0 radical (unpaired) electrons. The monoisotopic (exact) mass is 301 g/mol. The summed E-state index contributed by atoms with van der Waals surface area (Å²) in [5.41, 5.74) is 0.350. The van der Waals surface area contributed by atoms with Crippen LogP contribution in [0.4, 0.5) is 0 Å². The molecule has 1 aliphatic carbocycles. The minimum atomic E-state index is -0.140. The molecule has 5 heteroatoms. The fourth-order valence-corrected chi connectivity index (χ4v) is 3.24. The first-order chi connectivity index (χ1) is 10.2. The lowest BCUT2D eigenvalue weighted by molar-refractivity contribution is 0.314. The number of benzene rings is 1. The molecule has 0 spiro atoms. The van der Waals surface area contributed by atoms with Crippen molar-refractivity contribution >= 4 is 22.5 Å². The summed E-state index contributed by atoms with van der Waals surface area (Å²) in [6, 6.07) is 7.05. The Labute approximate surface area is 128 Å². The molecule has 3 rings (SSSR count). The summed E-state index contributed by atoms with van der Waals surface area (Å²) in [5, 5.41) is 10.3. The Kier molecular flexibility index (Phi) is 3.94. The fraction of sp³-hybridized carbons (Fsp3) is 0.438. The Balaban J connectivity index is 2.08. The summed E-state index contributed by atoms with van der Waals surface area (Å²) < 4.78 is 1.53. The van der Waals surface area contributed by atoms with E-state index in [0.29, 0.717) is 28.4 Å².